The van der Waals surface area contributed by atoms with Crippen molar-refractivity contribution in [3.05, 3.63) is 0 Å². The molecule has 20 heavy (non-hydrogen) atoms. The monoisotopic (exact) mass is 307 g/mol. The van der Waals surface area contributed by atoms with Crippen LogP contribution in [0, 0.1) is 0 Å². The lowest BCUT2D eigenvalue weighted by atomic mass is 10.1. The number of hydrogen-bond donors (Lipinski definition) is 3. The number of sulfonamides is 1. The van der Waals surface area contributed by atoms with Crippen molar-refractivity contribution in [1.29, 1.82) is 0 Å². The molecule has 0 radical (unpaired) electrons. The van der Waals surface area contributed by atoms with E-state index in [0.717, 1.165) is 19.3 Å². The van der Waals surface area contributed by atoms with Crippen molar-refractivity contribution in [2.45, 2.75) is 38.2 Å². The third kappa shape index (κ3) is 7.78. The molecule has 8 heteroatoms. The van der Waals surface area contributed by atoms with Gasteiger partial charge in [-0.05, 0) is 32.2 Å². The van der Waals surface area contributed by atoms with Gasteiger partial charge in [0.2, 0.25) is 15.9 Å². The van der Waals surface area contributed by atoms with Crippen LogP contribution in [0.4, 0.5) is 0 Å². The molecular weight excluding hydrogens is 282 g/mol. The Morgan fingerprint density at radius 2 is 2.15 bits per heavy atom. The molecule has 1 saturated heterocycles. The Kier molecular flexibility index (Phi) is 8.05. The van der Waals surface area contributed by atoms with Gasteiger partial charge in [0.1, 0.15) is 0 Å². The van der Waals surface area contributed by atoms with Gasteiger partial charge in [0.15, 0.2) is 0 Å². The first-order valence-electron chi connectivity index (χ1n) is 7.09. The van der Waals surface area contributed by atoms with Gasteiger partial charge in [-0.3, -0.25) is 4.79 Å². The largest absolute Gasteiger partial charge is 0.377 e. The van der Waals surface area contributed by atoms with E-state index in [0.29, 0.717) is 32.5 Å². The van der Waals surface area contributed by atoms with Gasteiger partial charge in [0.05, 0.1) is 11.9 Å². The predicted molar refractivity (Wildman–Crippen MR) is 76.7 cm³/mol. The van der Waals surface area contributed by atoms with Gasteiger partial charge >= 0.3 is 0 Å². The van der Waals surface area contributed by atoms with Crippen molar-refractivity contribution < 1.29 is 17.9 Å². The van der Waals surface area contributed by atoms with Crippen LogP contribution in [0.5, 0.6) is 0 Å². The highest BCUT2D eigenvalue weighted by Gasteiger charge is 2.17. The summed E-state index contributed by atoms with van der Waals surface area (Å²) in [4.78, 5) is 11.3. The van der Waals surface area contributed by atoms with E-state index in [2.05, 4.69) is 10.0 Å². The van der Waals surface area contributed by atoms with Crippen molar-refractivity contribution >= 4 is 15.9 Å². The van der Waals surface area contributed by atoms with E-state index in [-0.39, 0.29) is 24.3 Å². The number of hydrogen-bond acceptors (Lipinski definition) is 5. The van der Waals surface area contributed by atoms with Gasteiger partial charge in [-0.1, -0.05) is 0 Å². The molecule has 1 aliphatic rings. The molecule has 7 nitrogen and oxygen atoms in total. The Morgan fingerprint density at radius 3 is 2.80 bits per heavy atom. The van der Waals surface area contributed by atoms with Crippen LogP contribution in [0.1, 0.15) is 32.1 Å². The SMILES string of the molecule is NCCCC(=O)NCCS(=O)(=O)NCC1CCCCO1. The molecule has 4 N–H and O–H groups in total. The maximum atomic E-state index is 11.7. The fraction of sp³-hybridized carbons (Fsp3) is 0.917. The van der Waals surface area contributed by atoms with E-state index in [1.807, 2.05) is 0 Å². The average molecular weight is 307 g/mol. The number of nitrogens with two attached hydrogens (primary N) is 1. The number of ether oxygens (including phenoxy) is 1. The summed E-state index contributed by atoms with van der Waals surface area (Å²) in [6, 6.07) is 0. The zero-order chi connectivity index (χ0) is 14.8. The fourth-order valence-electron chi connectivity index (χ4n) is 1.94. The minimum Gasteiger partial charge on any atom is -0.377 e. The van der Waals surface area contributed by atoms with Crippen LogP contribution in [0.2, 0.25) is 0 Å². The van der Waals surface area contributed by atoms with Gasteiger partial charge in [-0.15, -0.1) is 0 Å². The van der Waals surface area contributed by atoms with E-state index < -0.39 is 10.0 Å². The van der Waals surface area contributed by atoms with Gasteiger partial charge in [0, 0.05) is 26.1 Å². The maximum absolute atomic E-state index is 11.7. The highest BCUT2D eigenvalue weighted by atomic mass is 32.2. The van der Waals surface area contributed by atoms with Crippen LogP contribution in [0.25, 0.3) is 0 Å². The lowest BCUT2D eigenvalue weighted by Gasteiger charge is -2.22. The van der Waals surface area contributed by atoms with E-state index in [1.165, 1.54) is 0 Å². The van der Waals surface area contributed by atoms with E-state index in [4.69, 9.17) is 10.5 Å². The molecule has 1 atom stereocenters. The summed E-state index contributed by atoms with van der Waals surface area (Å²) >= 11 is 0. The summed E-state index contributed by atoms with van der Waals surface area (Å²) < 4.78 is 31.4. The molecule has 0 spiro atoms. The molecule has 0 aromatic carbocycles. The first-order valence-corrected chi connectivity index (χ1v) is 8.74. The molecule has 0 bridgehead atoms. The van der Waals surface area contributed by atoms with Crippen LogP contribution in [0.15, 0.2) is 0 Å². The molecule has 1 unspecified atom stereocenters. The third-order valence-electron chi connectivity index (χ3n) is 3.11. The van der Waals surface area contributed by atoms with Crippen molar-refractivity contribution in [1.82, 2.24) is 10.0 Å². The molecule has 1 rings (SSSR count). The van der Waals surface area contributed by atoms with Crippen molar-refractivity contribution in [2.24, 2.45) is 5.73 Å². The summed E-state index contributed by atoms with van der Waals surface area (Å²) in [5, 5.41) is 2.57. The van der Waals surface area contributed by atoms with Crippen LogP contribution >= 0.6 is 0 Å². The standard InChI is InChI=1S/C12H25N3O4S/c13-6-3-5-12(16)14-7-9-20(17,18)15-10-11-4-1-2-8-19-11/h11,15H,1-10,13H2,(H,14,16). The summed E-state index contributed by atoms with van der Waals surface area (Å²) in [7, 11) is -3.37. The second-order valence-electron chi connectivity index (χ2n) is 4.90. The number of nitrogens with one attached hydrogen (secondary N) is 2. The fourth-order valence-corrected chi connectivity index (χ4v) is 2.89. The average Bonchev–Trinajstić information content (AvgIpc) is 2.44. The van der Waals surface area contributed by atoms with E-state index >= 15 is 0 Å². The Balaban J connectivity index is 2.15. The molecule has 1 heterocycles. The Bertz CT molecular complexity index is 380. The molecule has 0 aromatic heterocycles. The van der Waals surface area contributed by atoms with Gasteiger partial charge < -0.3 is 15.8 Å². The molecule has 1 fully saturated rings. The third-order valence-corrected chi connectivity index (χ3v) is 4.45. The topological polar surface area (TPSA) is 111 Å². The zero-order valence-electron chi connectivity index (χ0n) is 11.8. The van der Waals surface area contributed by atoms with E-state index in [1.54, 1.807) is 0 Å². The summed E-state index contributed by atoms with van der Waals surface area (Å²) in [6.45, 7) is 1.58. The molecule has 118 valence electrons. The van der Waals surface area contributed by atoms with E-state index in [9.17, 15) is 13.2 Å². The Hall–Kier alpha value is -0.700. The van der Waals surface area contributed by atoms with Gasteiger partial charge in [0.25, 0.3) is 0 Å². The summed E-state index contributed by atoms with van der Waals surface area (Å²) in [5.74, 6) is -0.282. The smallest absolute Gasteiger partial charge is 0.220 e. The van der Waals surface area contributed by atoms with Crippen LogP contribution in [-0.4, -0.2) is 52.4 Å². The Labute approximate surface area is 120 Å². The predicted octanol–water partition coefficient (Wildman–Crippen LogP) is -0.670. The lowest BCUT2D eigenvalue weighted by Crippen LogP contribution is -2.39. The van der Waals surface area contributed by atoms with Crippen molar-refractivity contribution in [2.75, 3.05) is 32.0 Å². The second kappa shape index (κ2) is 9.28. The van der Waals surface area contributed by atoms with Crippen molar-refractivity contribution in [3.63, 3.8) is 0 Å². The number of carbonyl (C=O) groups excluding carboxylic acids is 1. The zero-order valence-corrected chi connectivity index (χ0v) is 12.6. The minimum atomic E-state index is -3.37. The normalized spacial score (nSPS) is 19.8. The lowest BCUT2D eigenvalue weighted by molar-refractivity contribution is -0.121. The first-order chi connectivity index (χ1) is 9.53. The number of amides is 1. The first kappa shape index (κ1) is 17.4. The van der Waals surface area contributed by atoms with Crippen LogP contribution < -0.4 is 15.8 Å². The second-order valence-corrected chi connectivity index (χ2v) is 6.82. The molecular formula is C12H25N3O4S. The molecule has 0 saturated carbocycles. The minimum absolute atomic E-state index is 0.0299. The van der Waals surface area contributed by atoms with Crippen LogP contribution in [-0.2, 0) is 19.6 Å². The molecule has 1 aliphatic heterocycles. The summed E-state index contributed by atoms with van der Waals surface area (Å²) in [6.07, 6.45) is 3.91. The number of rotatable bonds is 9. The van der Waals surface area contributed by atoms with Gasteiger partial charge in [-0.2, -0.15) is 0 Å². The van der Waals surface area contributed by atoms with Crippen LogP contribution in [0.3, 0.4) is 0 Å². The molecule has 0 aromatic rings. The molecule has 1 amide bonds. The molecule has 0 aliphatic carbocycles. The highest BCUT2D eigenvalue weighted by molar-refractivity contribution is 7.89. The highest BCUT2D eigenvalue weighted by Crippen LogP contribution is 2.11. The summed E-state index contributed by atoms with van der Waals surface area (Å²) in [5.41, 5.74) is 5.29. The maximum Gasteiger partial charge on any atom is 0.220 e. The number of carbonyl (C=O) groups is 1. The Morgan fingerprint density at radius 1 is 1.35 bits per heavy atom. The quantitative estimate of drug-likeness (QED) is 0.523. The van der Waals surface area contributed by atoms with Crippen molar-refractivity contribution in [3.8, 4) is 0 Å². The van der Waals surface area contributed by atoms with Gasteiger partial charge in [-0.25, -0.2) is 13.1 Å².